The van der Waals surface area contributed by atoms with Crippen molar-refractivity contribution in [3.05, 3.63) is 41.0 Å². The first-order chi connectivity index (χ1) is 29.1. The van der Waals surface area contributed by atoms with Crippen LogP contribution in [0.4, 0.5) is 46.8 Å². The minimum Gasteiger partial charge on any atom is -0.461 e. The summed E-state index contributed by atoms with van der Waals surface area (Å²) in [4.78, 5) is 39.6. The largest absolute Gasteiger partial charge is 0.461 e. The predicted molar refractivity (Wildman–Crippen MR) is 218 cm³/mol. The number of thiophene rings is 1. The van der Waals surface area contributed by atoms with Crippen molar-refractivity contribution in [3.8, 4) is 23.2 Å². The number of anilines is 2. The first kappa shape index (κ1) is 41.3. The third-order valence-corrected chi connectivity index (χ3v) is 11.9. The molecule has 328 valence electrons. The number of benzene rings is 2. The molecule has 0 bridgehead atoms. The molecule has 0 aliphatic carbocycles. The molecule has 3 fully saturated rings. The number of carbonyl (C=O) groups excluding carboxylic acids is 2. The maximum absolute atomic E-state index is 17.6. The van der Waals surface area contributed by atoms with Gasteiger partial charge in [-0.05, 0) is 92.4 Å². The molecule has 3 aliphatic heterocycles. The fourth-order valence-electron chi connectivity index (χ4n) is 8.21. The molecule has 19 heteroatoms. The van der Waals surface area contributed by atoms with E-state index in [2.05, 4.69) is 15.3 Å². The van der Waals surface area contributed by atoms with Crippen LogP contribution < -0.4 is 15.0 Å². The second-order valence-electron chi connectivity index (χ2n) is 17.8. The van der Waals surface area contributed by atoms with E-state index in [0.717, 1.165) is 12.1 Å². The van der Waals surface area contributed by atoms with E-state index in [0.29, 0.717) is 17.4 Å². The zero-order valence-corrected chi connectivity index (χ0v) is 35.6. The molecule has 61 heavy (non-hydrogen) atoms. The second-order valence-corrected chi connectivity index (χ2v) is 18.8. The number of nitrogens with one attached hydrogen (secondary N) is 1. The van der Waals surface area contributed by atoms with Gasteiger partial charge < -0.3 is 24.0 Å². The summed E-state index contributed by atoms with van der Waals surface area (Å²) >= 11 is 0.556. The van der Waals surface area contributed by atoms with Gasteiger partial charge in [-0.15, -0.1) is 11.3 Å². The van der Waals surface area contributed by atoms with Crippen molar-refractivity contribution in [2.75, 3.05) is 43.0 Å². The molecule has 5 heterocycles. The molecule has 3 saturated heterocycles. The number of amides is 2. The van der Waals surface area contributed by atoms with Gasteiger partial charge in [-0.1, -0.05) is 6.07 Å². The smallest absolute Gasteiger partial charge is 0.417 e. The van der Waals surface area contributed by atoms with Gasteiger partial charge in [-0.3, -0.25) is 10.2 Å². The van der Waals surface area contributed by atoms with Crippen molar-refractivity contribution in [1.29, 1.82) is 5.26 Å². The van der Waals surface area contributed by atoms with Gasteiger partial charge in [0.1, 0.15) is 52.2 Å². The molecule has 2 aromatic carbocycles. The van der Waals surface area contributed by atoms with Gasteiger partial charge in [0.25, 0.3) is 0 Å². The van der Waals surface area contributed by atoms with Crippen LogP contribution in [0.2, 0.25) is 0 Å². The van der Waals surface area contributed by atoms with E-state index in [4.69, 9.17) is 17.0 Å². The van der Waals surface area contributed by atoms with Gasteiger partial charge in [-0.25, -0.2) is 22.8 Å². The molecule has 3 aliphatic rings. The van der Waals surface area contributed by atoms with E-state index in [1.165, 1.54) is 4.90 Å². The Kier molecular flexibility index (Phi) is 10.6. The van der Waals surface area contributed by atoms with Crippen LogP contribution in [-0.4, -0.2) is 99.7 Å². The summed E-state index contributed by atoms with van der Waals surface area (Å²) in [5.74, 6) is -2.66. The highest BCUT2D eigenvalue weighted by Gasteiger charge is 2.50. The number of ether oxygens (including phenoxy) is 3. The average molecular weight is 878 g/mol. The minimum atomic E-state index is -5.26. The lowest BCUT2D eigenvalue weighted by atomic mass is 9.92. The summed E-state index contributed by atoms with van der Waals surface area (Å²) < 4.78 is 128. The molecule has 4 atom stereocenters. The fourth-order valence-corrected chi connectivity index (χ4v) is 9.28. The van der Waals surface area contributed by atoms with Crippen molar-refractivity contribution >= 4 is 55.3 Å². The van der Waals surface area contributed by atoms with E-state index in [1.54, 1.807) is 65.2 Å². The summed E-state index contributed by atoms with van der Waals surface area (Å²) in [6, 6.07) is 2.50. The third-order valence-electron chi connectivity index (χ3n) is 10.8. The summed E-state index contributed by atoms with van der Waals surface area (Å²) in [6.07, 6.45) is -10.0. The number of halogens is 6. The number of alkyl halides is 4. The summed E-state index contributed by atoms with van der Waals surface area (Å²) in [7, 11) is 0. The van der Waals surface area contributed by atoms with E-state index in [-0.39, 0.29) is 66.5 Å². The minimum absolute atomic E-state index is 0.00935. The lowest BCUT2D eigenvalue weighted by Gasteiger charge is -2.45. The van der Waals surface area contributed by atoms with Gasteiger partial charge in [0.05, 0.1) is 21.4 Å². The molecule has 1 N–H and O–H groups in total. The highest BCUT2D eigenvalue weighted by atomic mass is 32.1. The van der Waals surface area contributed by atoms with Crippen LogP contribution >= 0.6 is 11.3 Å². The van der Waals surface area contributed by atoms with Crippen molar-refractivity contribution in [3.63, 3.8) is 0 Å². The molecule has 12 nitrogen and oxygen atoms in total. The summed E-state index contributed by atoms with van der Waals surface area (Å²) in [5, 5.41) is 11.6. The molecule has 7 rings (SSSR count). The maximum Gasteiger partial charge on any atom is 0.417 e. The standard InChI is InChI=1S/C42H47F6N7O5S/c1-21-18-55(38(57)60-40(6,7)8)22(2)17-54(21)34-25-14-27(42(46,47)48)30(31(45)32(25)50-36(51-34)58-20-41-12-9-13-53(41)19-23(43)15-41)24-10-11-28(44)33-29(24)26(16-49)35(61-33)52-37(56)59-39(3,4)5/h10-11,14,21-23H,9,12-13,15,17-20H2,1-8H3,(H,52,56)/t21-,22+,23+,41-/m0/s1/i9D2. The predicted octanol–water partition coefficient (Wildman–Crippen LogP) is 9.82. The van der Waals surface area contributed by atoms with Crippen LogP contribution in [-0.2, 0) is 15.7 Å². The monoisotopic (exact) mass is 877 g/mol. The molecular formula is C42H47F6N7O5S. The van der Waals surface area contributed by atoms with Gasteiger partial charge in [0, 0.05) is 57.2 Å². The van der Waals surface area contributed by atoms with Gasteiger partial charge >= 0.3 is 24.4 Å². The lowest BCUT2D eigenvalue weighted by Crippen LogP contribution is -2.59. The third kappa shape index (κ3) is 8.57. The Morgan fingerprint density at radius 2 is 1.75 bits per heavy atom. The molecule has 2 aromatic heterocycles. The van der Waals surface area contributed by atoms with Crippen LogP contribution in [0.25, 0.3) is 32.1 Å². The molecule has 0 saturated carbocycles. The number of hydrogen-bond acceptors (Lipinski definition) is 11. The van der Waals surface area contributed by atoms with Crippen molar-refractivity contribution in [1.82, 2.24) is 19.8 Å². The lowest BCUT2D eigenvalue weighted by molar-refractivity contribution is -0.137. The second kappa shape index (κ2) is 15.7. The van der Waals surface area contributed by atoms with Crippen LogP contribution in [0.5, 0.6) is 6.01 Å². The van der Waals surface area contributed by atoms with Gasteiger partial charge in [0.15, 0.2) is 5.82 Å². The average Bonchev–Trinajstić information content (AvgIpc) is 3.73. The Labute approximate surface area is 355 Å². The maximum atomic E-state index is 17.6. The summed E-state index contributed by atoms with van der Waals surface area (Å²) in [6.45, 7) is 12.8. The number of rotatable bonds is 6. The first-order valence-electron chi connectivity index (χ1n) is 20.7. The zero-order valence-electron chi connectivity index (χ0n) is 36.8. The fraction of sp³-hybridized carbons (Fsp3) is 0.548. The molecule has 0 radical (unpaired) electrons. The zero-order chi connectivity index (χ0) is 46.4. The number of nitriles is 1. The van der Waals surface area contributed by atoms with Crippen LogP contribution in [0.15, 0.2) is 18.2 Å². The topological polar surface area (TPSA) is 133 Å². The van der Waals surface area contributed by atoms with Gasteiger partial charge in [-0.2, -0.15) is 28.4 Å². The number of aromatic nitrogens is 2. The van der Waals surface area contributed by atoms with Gasteiger partial charge in [0.2, 0.25) is 0 Å². The van der Waals surface area contributed by atoms with E-state index < -0.39 is 111 Å². The van der Waals surface area contributed by atoms with Crippen LogP contribution in [0.3, 0.4) is 0 Å². The van der Waals surface area contributed by atoms with Crippen LogP contribution in [0.1, 0.15) is 88.5 Å². The number of nitrogens with zero attached hydrogens (tertiary/aromatic N) is 6. The Hall–Kier alpha value is -5.09. The highest BCUT2D eigenvalue weighted by molar-refractivity contribution is 7.23. The van der Waals surface area contributed by atoms with Crippen molar-refractivity contribution in [2.24, 2.45) is 0 Å². The number of carbonyl (C=O) groups is 2. The molecule has 0 unspecified atom stereocenters. The Morgan fingerprint density at radius 1 is 1.05 bits per heavy atom. The Morgan fingerprint density at radius 3 is 2.41 bits per heavy atom. The molecular weight excluding hydrogens is 829 g/mol. The first-order valence-corrected chi connectivity index (χ1v) is 20.5. The van der Waals surface area contributed by atoms with E-state index in [9.17, 15) is 19.2 Å². The molecule has 0 spiro atoms. The number of fused-ring (bicyclic) bond motifs is 3. The summed E-state index contributed by atoms with van der Waals surface area (Å²) in [5.41, 5.74) is -7.12. The molecule has 4 aromatic rings. The SMILES string of the molecule is [2H]C1([2H])CN2C[C@H](F)C[C@]2(COc2nc(N3C[C@@H](C)N(C(=O)OC(C)(C)C)C[C@@H]3C)c3cc(C(F)(F)F)c(-c4ccc(F)c5sc(NC(=O)OC(C)(C)C)c(C#N)c45)c(F)c3n2)C1. The van der Waals surface area contributed by atoms with Crippen molar-refractivity contribution < 1.29 is 52.9 Å². The number of piperazine rings is 1. The Bertz CT molecular complexity index is 2540. The highest BCUT2D eigenvalue weighted by Crippen LogP contribution is 2.49. The van der Waals surface area contributed by atoms with Crippen molar-refractivity contribution in [2.45, 2.75) is 116 Å². The van der Waals surface area contributed by atoms with E-state index >= 15 is 22.0 Å². The number of hydrogen-bond donors (Lipinski definition) is 1. The van der Waals surface area contributed by atoms with Crippen LogP contribution in [0, 0.1) is 23.0 Å². The quantitative estimate of drug-likeness (QED) is 0.187. The van der Waals surface area contributed by atoms with E-state index in [1.807, 2.05) is 6.07 Å². The molecule has 2 amide bonds. The Balaban J connectivity index is 1.42. The normalized spacial score (nSPS) is 23.7.